The maximum atomic E-state index is 13.4. The quantitative estimate of drug-likeness (QED) is 0.733. The first-order valence-corrected chi connectivity index (χ1v) is 3.99. The lowest BCUT2D eigenvalue weighted by Crippen LogP contribution is -2.01. The van der Waals surface area contributed by atoms with E-state index in [1.54, 1.807) is 19.3 Å². The number of halogens is 1. The van der Waals surface area contributed by atoms with Gasteiger partial charge in [-0.3, -0.25) is 0 Å². The van der Waals surface area contributed by atoms with Crippen molar-refractivity contribution in [2.45, 2.75) is 19.8 Å². The number of anilines is 1. The van der Waals surface area contributed by atoms with Gasteiger partial charge in [0.15, 0.2) is 11.6 Å². The highest BCUT2D eigenvalue weighted by Gasteiger charge is 2.10. The fraction of sp³-hybridized carbons (Fsp3) is 0.444. The molecular formula is C9H13FN2. The Morgan fingerprint density at radius 2 is 2.17 bits per heavy atom. The summed E-state index contributed by atoms with van der Waals surface area (Å²) >= 11 is 0. The highest BCUT2D eigenvalue weighted by molar-refractivity contribution is 5.40. The zero-order valence-electron chi connectivity index (χ0n) is 7.56. The summed E-state index contributed by atoms with van der Waals surface area (Å²) in [7, 11) is 1.66. The van der Waals surface area contributed by atoms with Gasteiger partial charge in [0, 0.05) is 13.2 Å². The van der Waals surface area contributed by atoms with Crippen molar-refractivity contribution in [2.75, 3.05) is 12.4 Å². The summed E-state index contributed by atoms with van der Waals surface area (Å²) in [6.45, 7) is 3.91. The molecule has 0 aliphatic carbocycles. The van der Waals surface area contributed by atoms with Crippen molar-refractivity contribution in [1.82, 2.24) is 4.98 Å². The number of aromatic nitrogens is 1. The SMILES string of the molecule is CNc1nccc(C(C)C)c1F. The number of pyridine rings is 1. The molecule has 0 aliphatic heterocycles. The smallest absolute Gasteiger partial charge is 0.168 e. The second kappa shape index (κ2) is 3.52. The Morgan fingerprint density at radius 3 is 2.67 bits per heavy atom. The lowest BCUT2D eigenvalue weighted by Gasteiger charge is -2.08. The third-order valence-corrected chi connectivity index (χ3v) is 1.78. The van der Waals surface area contributed by atoms with E-state index in [-0.39, 0.29) is 11.7 Å². The van der Waals surface area contributed by atoms with Gasteiger partial charge in [0.25, 0.3) is 0 Å². The van der Waals surface area contributed by atoms with Gasteiger partial charge in [-0.25, -0.2) is 9.37 Å². The van der Waals surface area contributed by atoms with Gasteiger partial charge in [-0.1, -0.05) is 13.8 Å². The third kappa shape index (κ3) is 1.55. The van der Waals surface area contributed by atoms with Gasteiger partial charge in [0.1, 0.15) is 0 Å². The topological polar surface area (TPSA) is 24.9 Å². The van der Waals surface area contributed by atoms with E-state index in [1.807, 2.05) is 13.8 Å². The summed E-state index contributed by atoms with van der Waals surface area (Å²) in [6.07, 6.45) is 1.62. The molecule has 1 rings (SSSR count). The average molecular weight is 168 g/mol. The second-order valence-corrected chi connectivity index (χ2v) is 2.97. The van der Waals surface area contributed by atoms with Crippen molar-refractivity contribution >= 4 is 5.82 Å². The first kappa shape index (κ1) is 8.97. The molecule has 1 aromatic rings. The van der Waals surface area contributed by atoms with Crippen molar-refractivity contribution < 1.29 is 4.39 Å². The normalized spacial score (nSPS) is 10.4. The molecule has 66 valence electrons. The third-order valence-electron chi connectivity index (χ3n) is 1.78. The average Bonchev–Trinajstić information content (AvgIpc) is 2.04. The minimum Gasteiger partial charge on any atom is -0.371 e. The van der Waals surface area contributed by atoms with Crippen molar-refractivity contribution in [1.29, 1.82) is 0 Å². The van der Waals surface area contributed by atoms with Crippen molar-refractivity contribution in [2.24, 2.45) is 0 Å². The maximum absolute atomic E-state index is 13.4. The van der Waals surface area contributed by atoms with Crippen LogP contribution in [0.2, 0.25) is 0 Å². The Bertz CT molecular complexity index is 271. The lowest BCUT2D eigenvalue weighted by atomic mass is 10.0. The fourth-order valence-corrected chi connectivity index (χ4v) is 1.08. The van der Waals surface area contributed by atoms with Gasteiger partial charge in [-0.15, -0.1) is 0 Å². The standard InChI is InChI=1S/C9H13FN2/c1-6(2)7-4-5-12-9(11-3)8(7)10/h4-6H,1-3H3,(H,11,12). The number of rotatable bonds is 2. The van der Waals surface area contributed by atoms with Crippen molar-refractivity contribution in [3.8, 4) is 0 Å². The number of hydrogen-bond acceptors (Lipinski definition) is 2. The molecule has 0 radical (unpaired) electrons. The van der Waals surface area contributed by atoms with Crippen LogP contribution in [-0.4, -0.2) is 12.0 Å². The molecular weight excluding hydrogens is 155 g/mol. The molecule has 0 bridgehead atoms. The summed E-state index contributed by atoms with van der Waals surface area (Å²) in [5.41, 5.74) is 0.703. The molecule has 1 aromatic heterocycles. The van der Waals surface area contributed by atoms with Crippen LogP contribution in [0.25, 0.3) is 0 Å². The maximum Gasteiger partial charge on any atom is 0.168 e. The van der Waals surface area contributed by atoms with Gasteiger partial charge in [-0.05, 0) is 17.5 Å². The summed E-state index contributed by atoms with van der Waals surface area (Å²) in [4.78, 5) is 3.85. The summed E-state index contributed by atoms with van der Waals surface area (Å²) in [5, 5.41) is 2.70. The van der Waals surface area contributed by atoms with E-state index in [0.29, 0.717) is 11.4 Å². The number of nitrogens with one attached hydrogen (secondary N) is 1. The Balaban J connectivity index is 3.14. The molecule has 12 heavy (non-hydrogen) atoms. The van der Waals surface area contributed by atoms with Crippen LogP contribution < -0.4 is 5.32 Å². The van der Waals surface area contributed by atoms with E-state index in [1.165, 1.54) is 0 Å². The fourth-order valence-electron chi connectivity index (χ4n) is 1.08. The van der Waals surface area contributed by atoms with Gasteiger partial charge < -0.3 is 5.32 Å². The molecule has 1 N–H and O–H groups in total. The van der Waals surface area contributed by atoms with Crippen LogP contribution in [-0.2, 0) is 0 Å². The predicted octanol–water partition coefficient (Wildman–Crippen LogP) is 2.39. The summed E-state index contributed by atoms with van der Waals surface area (Å²) < 4.78 is 13.4. The Morgan fingerprint density at radius 1 is 1.50 bits per heavy atom. The molecule has 0 saturated heterocycles. The van der Waals surface area contributed by atoms with Gasteiger partial charge in [-0.2, -0.15) is 0 Å². The Kier molecular flexibility index (Phi) is 2.63. The van der Waals surface area contributed by atoms with Crippen molar-refractivity contribution in [3.05, 3.63) is 23.6 Å². The van der Waals surface area contributed by atoms with Crippen LogP contribution in [0.4, 0.5) is 10.2 Å². The first-order chi connectivity index (χ1) is 5.66. The van der Waals surface area contributed by atoms with E-state index in [2.05, 4.69) is 10.3 Å². The number of nitrogens with zero attached hydrogens (tertiary/aromatic N) is 1. The highest BCUT2D eigenvalue weighted by Crippen LogP contribution is 2.21. The van der Waals surface area contributed by atoms with Crippen LogP contribution in [0.5, 0.6) is 0 Å². The molecule has 0 fully saturated rings. The molecule has 0 spiro atoms. The van der Waals surface area contributed by atoms with Crippen LogP contribution >= 0.6 is 0 Å². The van der Waals surface area contributed by atoms with Crippen LogP contribution in [0, 0.1) is 5.82 Å². The van der Waals surface area contributed by atoms with Crippen LogP contribution in [0.15, 0.2) is 12.3 Å². The largest absolute Gasteiger partial charge is 0.371 e. The molecule has 0 saturated carbocycles. The van der Waals surface area contributed by atoms with Gasteiger partial charge in [0.2, 0.25) is 0 Å². The van der Waals surface area contributed by atoms with Crippen molar-refractivity contribution in [3.63, 3.8) is 0 Å². The predicted molar refractivity (Wildman–Crippen MR) is 47.8 cm³/mol. The Labute approximate surface area is 71.8 Å². The Hall–Kier alpha value is -1.12. The highest BCUT2D eigenvalue weighted by atomic mass is 19.1. The van der Waals surface area contributed by atoms with E-state index in [9.17, 15) is 4.39 Å². The van der Waals surface area contributed by atoms with E-state index < -0.39 is 0 Å². The molecule has 1 heterocycles. The lowest BCUT2D eigenvalue weighted by molar-refractivity contribution is 0.596. The van der Waals surface area contributed by atoms with Gasteiger partial charge >= 0.3 is 0 Å². The monoisotopic (exact) mass is 168 g/mol. The molecule has 0 aliphatic rings. The molecule has 0 unspecified atom stereocenters. The molecule has 3 heteroatoms. The van der Waals surface area contributed by atoms with E-state index in [0.717, 1.165) is 0 Å². The summed E-state index contributed by atoms with van der Waals surface area (Å²) in [5.74, 6) is 0.274. The summed E-state index contributed by atoms with van der Waals surface area (Å²) in [6, 6.07) is 1.71. The minimum absolute atomic E-state index is 0.195. The van der Waals surface area contributed by atoms with E-state index >= 15 is 0 Å². The molecule has 0 atom stereocenters. The zero-order valence-corrected chi connectivity index (χ0v) is 7.56. The zero-order chi connectivity index (χ0) is 9.14. The molecule has 2 nitrogen and oxygen atoms in total. The van der Waals surface area contributed by atoms with Gasteiger partial charge in [0.05, 0.1) is 0 Å². The number of hydrogen-bond donors (Lipinski definition) is 1. The first-order valence-electron chi connectivity index (χ1n) is 3.99. The van der Waals surface area contributed by atoms with Crippen LogP contribution in [0.1, 0.15) is 25.3 Å². The van der Waals surface area contributed by atoms with Crippen LogP contribution in [0.3, 0.4) is 0 Å². The molecule has 0 aromatic carbocycles. The minimum atomic E-state index is -0.241. The second-order valence-electron chi connectivity index (χ2n) is 2.97. The van der Waals surface area contributed by atoms with E-state index in [4.69, 9.17) is 0 Å². The molecule has 0 amide bonds.